The van der Waals surface area contributed by atoms with E-state index in [1.54, 1.807) is 12.1 Å². The van der Waals surface area contributed by atoms with Gasteiger partial charge >= 0.3 is 0 Å². The van der Waals surface area contributed by atoms with E-state index in [0.717, 1.165) is 12.1 Å². The Morgan fingerprint density at radius 1 is 1.11 bits per heavy atom. The molecule has 0 bridgehead atoms. The molecule has 1 N–H and O–H groups in total. The van der Waals surface area contributed by atoms with Gasteiger partial charge in [0.05, 0.1) is 5.02 Å². The third-order valence-electron chi connectivity index (χ3n) is 2.67. The number of rotatable bonds is 5. The molecule has 0 saturated heterocycles. The minimum absolute atomic E-state index is 0.0571. The molecular formula is C15H15ClFNO. The van der Waals surface area contributed by atoms with Crippen LogP contribution in [0.3, 0.4) is 0 Å². The molecule has 0 aliphatic rings. The maximum absolute atomic E-state index is 13.8. The van der Waals surface area contributed by atoms with E-state index in [-0.39, 0.29) is 10.8 Å². The van der Waals surface area contributed by atoms with Crippen molar-refractivity contribution in [2.45, 2.75) is 13.5 Å². The van der Waals surface area contributed by atoms with Crippen molar-refractivity contribution in [3.8, 4) is 11.5 Å². The number of benzene rings is 2. The van der Waals surface area contributed by atoms with Gasteiger partial charge in [-0.05, 0) is 24.7 Å². The van der Waals surface area contributed by atoms with Gasteiger partial charge < -0.3 is 10.1 Å². The summed E-state index contributed by atoms with van der Waals surface area (Å²) >= 11 is 5.74. The molecule has 19 heavy (non-hydrogen) atoms. The van der Waals surface area contributed by atoms with Gasteiger partial charge in [0.25, 0.3) is 0 Å². The smallest absolute Gasteiger partial charge is 0.184 e. The van der Waals surface area contributed by atoms with Crippen LogP contribution in [0.5, 0.6) is 11.5 Å². The van der Waals surface area contributed by atoms with Crippen LogP contribution in [-0.2, 0) is 6.54 Å². The zero-order valence-electron chi connectivity index (χ0n) is 10.6. The Hall–Kier alpha value is -1.58. The molecule has 100 valence electrons. The summed E-state index contributed by atoms with van der Waals surface area (Å²) in [6, 6.07) is 12.3. The number of para-hydroxylation sites is 1. The summed E-state index contributed by atoms with van der Waals surface area (Å²) in [5, 5.41) is 3.27. The second kappa shape index (κ2) is 6.55. The molecule has 0 aliphatic carbocycles. The van der Waals surface area contributed by atoms with Crippen LogP contribution in [0.25, 0.3) is 0 Å². The summed E-state index contributed by atoms with van der Waals surface area (Å²) in [4.78, 5) is 0. The van der Waals surface area contributed by atoms with Crippen LogP contribution in [0.1, 0.15) is 12.5 Å². The summed E-state index contributed by atoms with van der Waals surface area (Å²) in [5.41, 5.74) is 0.976. The van der Waals surface area contributed by atoms with Crippen LogP contribution in [0.15, 0.2) is 42.5 Å². The van der Waals surface area contributed by atoms with Crippen molar-refractivity contribution in [1.29, 1.82) is 0 Å². The van der Waals surface area contributed by atoms with Crippen LogP contribution in [0, 0.1) is 5.82 Å². The molecule has 2 aromatic rings. The van der Waals surface area contributed by atoms with E-state index in [4.69, 9.17) is 16.3 Å². The fourth-order valence-corrected chi connectivity index (χ4v) is 1.86. The average Bonchev–Trinajstić information content (AvgIpc) is 2.43. The molecule has 0 fully saturated rings. The lowest BCUT2D eigenvalue weighted by molar-refractivity contribution is 0.436. The number of nitrogens with one attached hydrogen (secondary N) is 1. The van der Waals surface area contributed by atoms with Gasteiger partial charge in [-0.1, -0.05) is 42.8 Å². The summed E-state index contributed by atoms with van der Waals surface area (Å²) in [6.07, 6.45) is 0. The first-order valence-electron chi connectivity index (χ1n) is 6.13. The highest BCUT2D eigenvalue weighted by molar-refractivity contribution is 6.30. The van der Waals surface area contributed by atoms with Crippen molar-refractivity contribution in [2.75, 3.05) is 6.54 Å². The molecule has 0 aliphatic heterocycles. The van der Waals surface area contributed by atoms with Gasteiger partial charge in [-0.2, -0.15) is 0 Å². The summed E-state index contributed by atoms with van der Waals surface area (Å²) in [6.45, 7) is 3.56. The average molecular weight is 280 g/mol. The normalized spacial score (nSPS) is 10.5. The third kappa shape index (κ3) is 3.46. The fraction of sp³-hybridized carbons (Fsp3) is 0.200. The number of hydrogen-bond acceptors (Lipinski definition) is 2. The van der Waals surface area contributed by atoms with Gasteiger partial charge in [0.2, 0.25) is 0 Å². The molecule has 2 nitrogen and oxygen atoms in total. The quantitative estimate of drug-likeness (QED) is 0.877. The summed E-state index contributed by atoms with van der Waals surface area (Å²) in [7, 11) is 0. The molecule has 0 spiro atoms. The molecule has 0 atom stereocenters. The minimum atomic E-state index is -0.539. The summed E-state index contributed by atoms with van der Waals surface area (Å²) < 4.78 is 19.4. The van der Waals surface area contributed by atoms with Gasteiger partial charge in [-0.3, -0.25) is 0 Å². The van der Waals surface area contributed by atoms with Crippen molar-refractivity contribution in [2.24, 2.45) is 0 Å². The molecule has 2 aromatic carbocycles. The number of ether oxygens (including phenoxy) is 1. The van der Waals surface area contributed by atoms with Crippen molar-refractivity contribution < 1.29 is 9.13 Å². The minimum Gasteiger partial charge on any atom is -0.454 e. The lowest BCUT2D eigenvalue weighted by Gasteiger charge is -2.12. The van der Waals surface area contributed by atoms with E-state index in [0.29, 0.717) is 12.3 Å². The van der Waals surface area contributed by atoms with Gasteiger partial charge in [0, 0.05) is 12.1 Å². The Labute approximate surface area is 117 Å². The number of hydrogen-bond donors (Lipinski definition) is 1. The maximum Gasteiger partial charge on any atom is 0.184 e. The van der Waals surface area contributed by atoms with Crippen molar-refractivity contribution in [3.05, 3.63) is 58.9 Å². The molecule has 0 aromatic heterocycles. The highest BCUT2D eigenvalue weighted by atomic mass is 35.5. The highest BCUT2D eigenvalue weighted by Gasteiger charge is 2.10. The lowest BCUT2D eigenvalue weighted by Crippen LogP contribution is -2.12. The predicted octanol–water partition coefficient (Wildman–Crippen LogP) is 4.38. The van der Waals surface area contributed by atoms with Gasteiger partial charge in [-0.25, -0.2) is 4.39 Å². The first-order valence-corrected chi connectivity index (χ1v) is 6.50. The Kier molecular flexibility index (Phi) is 4.77. The van der Waals surface area contributed by atoms with E-state index in [9.17, 15) is 4.39 Å². The van der Waals surface area contributed by atoms with Crippen molar-refractivity contribution in [1.82, 2.24) is 5.32 Å². The van der Waals surface area contributed by atoms with Gasteiger partial charge in [0.1, 0.15) is 5.75 Å². The Balaban J connectivity index is 2.25. The monoisotopic (exact) mass is 279 g/mol. The largest absolute Gasteiger partial charge is 0.454 e. The molecular weight excluding hydrogens is 265 g/mol. The number of halogens is 2. The second-order valence-corrected chi connectivity index (χ2v) is 4.45. The summed E-state index contributed by atoms with van der Waals surface area (Å²) in [5.74, 6) is 0.225. The molecule has 0 unspecified atom stereocenters. The Morgan fingerprint density at radius 2 is 1.84 bits per heavy atom. The van der Waals surface area contributed by atoms with Crippen LogP contribution >= 0.6 is 11.6 Å². The molecule has 0 amide bonds. The van der Waals surface area contributed by atoms with E-state index in [1.807, 2.05) is 31.2 Å². The molecule has 0 heterocycles. The second-order valence-electron chi connectivity index (χ2n) is 4.04. The van der Waals surface area contributed by atoms with Crippen LogP contribution in [0.4, 0.5) is 4.39 Å². The maximum atomic E-state index is 13.8. The first kappa shape index (κ1) is 13.8. The van der Waals surface area contributed by atoms with Crippen molar-refractivity contribution in [3.63, 3.8) is 0 Å². The van der Waals surface area contributed by atoms with Gasteiger partial charge in [-0.15, -0.1) is 0 Å². The Bertz CT molecular complexity index is 560. The van der Waals surface area contributed by atoms with E-state index in [1.165, 1.54) is 6.07 Å². The Morgan fingerprint density at radius 3 is 2.63 bits per heavy atom. The molecule has 0 radical (unpaired) electrons. The zero-order chi connectivity index (χ0) is 13.7. The van der Waals surface area contributed by atoms with Gasteiger partial charge in [0.15, 0.2) is 11.6 Å². The van der Waals surface area contributed by atoms with Crippen LogP contribution in [0.2, 0.25) is 5.02 Å². The van der Waals surface area contributed by atoms with E-state index < -0.39 is 5.82 Å². The van der Waals surface area contributed by atoms with Crippen LogP contribution < -0.4 is 10.1 Å². The predicted molar refractivity (Wildman–Crippen MR) is 75.3 cm³/mol. The molecule has 0 saturated carbocycles. The SMILES string of the molecule is CCNCc1ccccc1Oc1cccc(Cl)c1F. The molecule has 4 heteroatoms. The van der Waals surface area contributed by atoms with E-state index in [2.05, 4.69) is 5.32 Å². The fourth-order valence-electron chi connectivity index (χ4n) is 1.69. The van der Waals surface area contributed by atoms with Crippen molar-refractivity contribution >= 4 is 11.6 Å². The van der Waals surface area contributed by atoms with Crippen LogP contribution in [-0.4, -0.2) is 6.54 Å². The topological polar surface area (TPSA) is 21.3 Å². The standard InChI is InChI=1S/C15H15ClFNO/c1-2-18-10-11-6-3-4-8-13(11)19-14-9-5-7-12(16)15(14)17/h3-9,18H,2,10H2,1H3. The highest BCUT2D eigenvalue weighted by Crippen LogP contribution is 2.30. The zero-order valence-corrected chi connectivity index (χ0v) is 11.4. The molecule has 2 rings (SSSR count). The third-order valence-corrected chi connectivity index (χ3v) is 2.97. The first-order chi connectivity index (χ1) is 9.22. The lowest BCUT2D eigenvalue weighted by atomic mass is 10.2. The van der Waals surface area contributed by atoms with E-state index >= 15 is 0 Å².